The van der Waals surface area contributed by atoms with Crippen molar-refractivity contribution in [1.29, 1.82) is 0 Å². The van der Waals surface area contributed by atoms with Gasteiger partial charge in [-0.2, -0.15) is 0 Å². The Morgan fingerprint density at radius 1 is 1.25 bits per heavy atom. The summed E-state index contributed by atoms with van der Waals surface area (Å²) in [6.45, 7) is 0.00463. The number of benzene rings is 2. The summed E-state index contributed by atoms with van der Waals surface area (Å²) < 4.78 is 18.2. The van der Waals surface area contributed by atoms with E-state index in [1.807, 2.05) is 11.4 Å². The molecular formula is C20H14FN3O3S. The number of nitrogens with one attached hydrogen (secondary N) is 2. The first kappa shape index (κ1) is 17.9. The third-order valence-electron chi connectivity index (χ3n) is 3.94. The molecule has 2 N–H and O–H groups in total. The van der Waals surface area contributed by atoms with E-state index in [1.54, 1.807) is 30.3 Å². The molecule has 28 heavy (non-hydrogen) atoms. The number of fused-ring (bicyclic) bond motifs is 1. The lowest BCUT2D eigenvalue weighted by molar-refractivity contribution is -0.118. The summed E-state index contributed by atoms with van der Waals surface area (Å²) >= 11 is 1.29. The number of anilines is 2. The topological polar surface area (TPSA) is 80.3 Å². The molecule has 4 rings (SSSR count). The molecule has 2 aromatic carbocycles. The largest absolute Gasteiger partial charge is 0.482 e. The third kappa shape index (κ3) is 4.07. The number of hydrogen-bond donors (Lipinski definition) is 2. The van der Waals surface area contributed by atoms with E-state index in [-0.39, 0.29) is 24.2 Å². The molecule has 2 amide bonds. The van der Waals surface area contributed by atoms with Crippen LogP contribution in [0.4, 0.5) is 15.2 Å². The van der Waals surface area contributed by atoms with Crippen molar-refractivity contribution in [2.45, 2.75) is 0 Å². The normalized spacial score (nSPS) is 13.0. The van der Waals surface area contributed by atoms with E-state index in [1.165, 1.54) is 29.5 Å². The van der Waals surface area contributed by atoms with Crippen molar-refractivity contribution in [3.8, 4) is 17.0 Å². The Hall–Kier alpha value is -3.52. The average molecular weight is 395 g/mol. The first-order valence-electron chi connectivity index (χ1n) is 8.34. The van der Waals surface area contributed by atoms with Gasteiger partial charge in [-0.15, -0.1) is 11.3 Å². The van der Waals surface area contributed by atoms with Crippen molar-refractivity contribution in [2.75, 3.05) is 17.2 Å². The average Bonchev–Trinajstić information content (AvgIpc) is 3.15. The lowest BCUT2D eigenvalue weighted by Gasteiger charge is -2.18. The number of carbonyl (C=O) groups excluding carboxylic acids is 2. The van der Waals surface area contributed by atoms with Crippen LogP contribution in [0.25, 0.3) is 17.3 Å². The molecule has 8 heteroatoms. The molecule has 1 aliphatic rings. The second kappa shape index (κ2) is 7.61. The molecule has 3 aromatic rings. The number of amides is 2. The summed E-state index contributed by atoms with van der Waals surface area (Å²) in [7, 11) is 0. The number of halogens is 1. The quantitative estimate of drug-likeness (QED) is 0.656. The number of aromatic nitrogens is 1. The Bertz CT molecular complexity index is 1080. The summed E-state index contributed by atoms with van der Waals surface area (Å²) in [5, 5.41) is 7.71. The highest BCUT2D eigenvalue weighted by Crippen LogP contribution is 2.33. The van der Waals surface area contributed by atoms with E-state index in [0.717, 1.165) is 11.1 Å². The fraction of sp³-hybridized carbons (Fsp3) is 0.0500. The van der Waals surface area contributed by atoms with Gasteiger partial charge in [0.05, 0.1) is 11.4 Å². The Labute approximate surface area is 163 Å². The summed E-state index contributed by atoms with van der Waals surface area (Å²) in [6, 6.07) is 11.2. The molecule has 0 bridgehead atoms. The van der Waals surface area contributed by atoms with E-state index < -0.39 is 0 Å². The van der Waals surface area contributed by atoms with Crippen LogP contribution < -0.4 is 15.4 Å². The van der Waals surface area contributed by atoms with E-state index in [0.29, 0.717) is 22.3 Å². The van der Waals surface area contributed by atoms with Crippen LogP contribution in [0.2, 0.25) is 0 Å². The predicted octanol–water partition coefficient (Wildman–Crippen LogP) is 3.93. The summed E-state index contributed by atoms with van der Waals surface area (Å²) in [6.07, 6.45) is 2.95. The molecule has 0 spiro atoms. The van der Waals surface area contributed by atoms with Gasteiger partial charge in [-0.3, -0.25) is 14.9 Å². The molecule has 0 fully saturated rings. The van der Waals surface area contributed by atoms with Gasteiger partial charge in [0.15, 0.2) is 11.7 Å². The van der Waals surface area contributed by atoms with Crippen molar-refractivity contribution >= 4 is 40.0 Å². The molecule has 0 radical (unpaired) electrons. The molecular weight excluding hydrogens is 381 g/mol. The fourth-order valence-corrected chi connectivity index (χ4v) is 3.32. The van der Waals surface area contributed by atoms with Gasteiger partial charge < -0.3 is 10.1 Å². The van der Waals surface area contributed by atoms with Crippen LogP contribution in [0.15, 0.2) is 53.9 Å². The van der Waals surface area contributed by atoms with Crippen molar-refractivity contribution in [2.24, 2.45) is 0 Å². The number of carbonyl (C=O) groups is 2. The van der Waals surface area contributed by atoms with Gasteiger partial charge in [0.2, 0.25) is 5.91 Å². The minimum Gasteiger partial charge on any atom is -0.482 e. The second-order valence-electron chi connectivity index (χ2n) is 5.96. The highest BCUT2D eigenvalue weighted by molar-refractivity contribution is 7.14. The van der Waals surface area contributed by atoms with E-state index in [4.69, 9.17) is 4.74 Å². The zero-order valence-electron chi connectivity index (χ0n) is 14.4. The molecule has 140 valence electrons. The maximum atomic E-state index is 12.9. The SMILES string of the molecule is O=C(C=Cc1ccc(F)cc1)Nc1nc(-c2ccc3c(c2)NC(=O)CO3)cs1. The van der Waals surface area contributed by atoms with Crippen LogP contribution >= 0.6 is 11.3 Å². The highest BCUT2D eigenvalue weighted by atomic mass is 32.1. The van der Waals surface area contributed by atoms with Crippen molar-refractivity contribution in [1.82, 2.24) is 4.98 Å². The first-order valence-corrected chi connectivity index (χ1v) is 9.22. The van der Waals surface area contributed by atoms with E-state index in [9.17, 15) is 14.0 Å². The Kier molecular flexibility index (Phi) is 4.86. The zero-order chi connectivity index (χ0) is 19.5. The van der Waals surface area contributed by atoms with Gasteiger partial charge in [0, 0.05) is 17.0 Å². The van der Waals surface area contributed by atoms with Gasteiger partial charge in [0.1, 0.15) is 11.6 Å². The summed E-state index contributed by atoms with van der Waals surface area (Å²) in [5.74, 6) is -0.261. The van der Waals surface area contributed by atoms with Crippen molar-refractivity contribution in [3.63, 3.8) is 0 Å². The zero-order valence-corrected chi connectivity index (χ0v) is 15.3. The number of ether oxygens (including phenoxy) is 1. The van der Waals surface area contributed by atoms with Crippen LogP contribution in [-0.4, -0.2) is 23.4 Å². The van der Waals surface area contributed by atoms with E-state index >= 15 is 0 Å². The maximum Gasteiger partial charge on any atom is 0.262 e. The number of hydrogen-bond acceptors (Lipinski definition) is 5. The predicted molar refractivity (Wildman–Crippen MR) is 106 cm³/mol. The Balaban J connectivity index is 1.44. The monoisotopic (exact) mass is 395 g/mol. The van der Waals surface area contributed by atoms with Crippen molar-refractivity contribution < 1.29 is 18.7 Å². The smallest absolute Gasteiger partial charge is 0.262 e. The number of rotatable bonds is 4. The summed E-state index contributed by atoms with van der Waals surface area (Å²) in [4.78, 5) is 27.9. The lowest BCUT2D eigenvalue weighted by Crippen LogP contribution is -2.25. The Morgan fingerprint density at radius 3 is 2.89 bits per heavy atom. The van der Waals surface area contributed by atoms with Crippen molar-refractivity contribution in [3.05, 3.63) is 65.3 Å². The number of nitrogens with zero attached hydrogens (tertiary/aromatic N) is 1. The molecule has 2 heterocycles. The van der Waals surface area contributed by atoms with Crippen LogP contribution in [0.5, 0.6) is 5.75 Å². The third-order valence-corrected chi connectivity index (χ3v) is 4.70. The second-order valence-corrected chi connectivity index (χ2v) is 6.82. The summed E-state index contributed by atoms with van der Waals surface area (Å²) in [5.41, 5.74) is 2.78. The van der Waals surface area contributed by atoms with Gasteiger partial charge in [0.25, 0.3) is 5.91 Å². The highest BCUT2D eigenvalue weighted by Gasteiger charge is 2.17. The lowest BCUT2D eigenvalue weighted by atomic mass is 10.1. The molecule has 1 aromatic heterocycles. The molecule has 1 aliphatic heterocycles. The van der Waals surface area contributed by atoms with Crippen LogP contribution in [0.3, 0.4) is 0 Å². The molecule has 6 nitrogen and oxygen atoms in total. The Morgan fingerprint density at radius 2 is 2.07 bits per heavy atom. The fourth-order valence-electron chi connectivity index (χ4n) is 2.60. The van der Waals surface area contributed by atoms with Crippen LogP contribution in [0, 0.1) is 5.82 Å². The molecule has 0 saturated heterocycles. The molecule has 0 atom stereocenters. The van der Waals surface area contributed by atoms with Gasteiger partial charge in [-0.25, -0.2) is 9.37 Å². The minimum absolute atomic E-state index is 0.00463. The standard InChI is InChI=1S/C20H14FN3O3S/c21-14-5-1-12(2-6-14)3-8-18(25)24-20-23-16(11-28-20)13-4-7-17-15(9-13)22-19(26)10-27-17/h1-9,11H,10H2,(H,22,26)(H,23,24,25). The molecule has 0 unspecified atom stereocenters. The first-order chi connectivity index (χ1) is 13.6. The minimum atomic E-state index is -0.337. The van der Waals surface area contributed by atoms with Gasteiger partial charge in [-0.1, -0.05) is 12.1 Å². The van der Waals surface area contributed by atoms with Crippen LogP contribution in [0.1, 0.15) is 5.56 Å². The van der Waals surface area contributed by atoms with E-state index in [2.05, 4.69) is 15.6 Å². The maximum absolute atomic E-state index is 12.9. The van der Waals surface area contributed by atoms with Crippen LogP contribution in [-0.2, 0) is 9.59 Å². The molecule has 0 aliphatic carbocycles. The molecule has 0 saturated carbocycles. The number of thiazole rings is 1. The van der Waals surface area contributed by atoms with Gasteiger partial charge >= 0.3 is 0 Å². The van der Waals surface area contributed by atoms with Gasteiger partial charge in [-0.05, 0) is 42.0 Å².